The second kappa shape index (κ2) is 8.35. The molecule has 1 fully saturated rings. The number of aliphatic carboxylic acids is 1. The zero-order valence-electron chi connectivity index (χ0n) is 16.3. The van der Waals surface area contributed by atoms with E-state index in [1.54, 1.807) is 0 Å². The van der Waals surface area contributed by atoms with Gasteiger partial charge in [0, 0.05) is 43.9 Å². The Morgan fingerprint density at radius 2 is 1.52 bits per heavy atom. The van der Waals surface area contributed by atoms with E-state index in [1.807, 2.05) is 71.6 Å². The molecule has 29 heavy (non-hydrogen) atoms. The van der Waals surface area contributed by atoms with Crippen LogP contribution in [-0.2, 0) is 11.2 Å². The van der Waals surface area contributed by atoms with Crippen molar-refractivity contribution in [1.29, 1.82) is 0 Å². The van der Waals surface area contributed by atoms with Crippen molar-refractivity contribution < 1.29 is 14.7 Å². The van der Waals surface area contributed by atoms with Crippen LogP contribution in [0.4, 0.5) is 5.69 Å². The number of amides is 1. The van der Waals surface area contributed by atoms with E-state index in [2.05, 4.69) is 4.90 Å². The highest BCUT2D eigenvalue weighted by molar-refractivity contribution is 6.07. The van der Waals surface area contributed by atoms with Crippen LogP contribution in [0.15, 0.2) is 66.7 Å². The van der Waals surface area contributed by atoms with Gasteiger partial charge in [-0.25, -0.2) is 0 Å². The van der Waals surface area contributed by atoms with E-state index in [-0.39, 0.29) is 12.3 Å². The lowest BCUT2D eigenvalue weighted by molar-refractivity contribution is -0.136. The summed E-state index contributed by atoms with van der Waals surface area (Å²) in [5.74, 6) is -0.717. The first-order chi connectivity index (χ1) is 14.1. The summed E-state index contributed by atoms with van der Waals surface area (Å²) in [5.41, 5.74) is 2.87. The Hall–Kier alpha value is -3.34. The van der Waals surface area contributed by atoms with Crippen LogP contribution in [0.5, 0.6) is 0 Å². The number of nitrogens with zero attached hydrogens (tertiary/aromatic N) is 2. The number of hydrogen-bond donors (Lipinski definition) is 1. The van der Waals surface area contributed by atoms with Crippen LogP contribution in [0.3, 0.4) is 0 Å². The molecule has 5 nitrogen and oxygen atoms in total. The van der Waals surface area contributed by atoms with Crippen LogP contribution in [0.2, 0.25) is 0 Å². The third kappa shape index (κ3) is 4.09. The molecule has 0 bridgehead atoms. The fourth-order valence-electron chi connectivity index (χ4n) is 4.01. The molecule has 0 radical (unpaired) electrons. The smallest absolute Gasteiger partial charge is 0.303 e. The number of fused-ring (bicyclic) bond motifs is 1. The number of carbonyl (C=O) groups excluding carboxylic acids is 1. The summed E-state index contributed by atoms with van der Waals surface area (Å²) in [6, 6.07) is 21.8. The quantitative estimate of drug-likeness (QED) is 0.722. The van der Waals surface area contributed by atoms with E-state index < -0.39 is 5.97 Å². The van der Waals surface area contributed by atoms with Gasteiger partial charge in [-0.15, -0.1) is 0 Å². The van der Waals surface area contributed by atoms with Crippen LogP contribution in [0.1, 0.15) is 22.3 Å². The van der Waals surface area contributed by atoms with Gasteiger partial charge in [0.05, 0.1) is 0 Å². The van der Waals surface area contributed by atoms with Crippen molar-refractivity contribution in [3.8, 4) is 0 Å². The number of carboxylic acids is 1. The zero-order valence-corrected chi connectivity index (χ0v) is 16.3. The summed E-state index contributed by atoms with van der Waals surface area (Å²) in [7, 11) is 0. The molecule has 4 rings (SSSR count). The lowest BCUT2D eigenvalue weighted by Gasteiger charge is -2.37. The Bertz CT molecular complexity index is 1030. The van der Waals surface area contributed by atoms with E-state index in [1.165, 1.54) is 0 Å². The fourth-order valence-corrected chi connectivity index (χ4v) is 4.01. The van der Waals surface area contributed by atoms with Crippen molar-refractivity contribution in [2.45, 2.75) is 12.8 Å². The minimum absolute atomic E-state index is 0.0700. The van der Waals surface area contributed by atoms with Gasteiger partial charge in [-0.05, 0) is 34.9 Å². The number of aryl methyl sites for hydroxylation is 1. The van der Waals surface area contributed by atoms with Gasteiger partial charge in [-0.2, -0.15) is 0 Å². The Morgan fingerprint density at radius 1 is 0.828 bits per heavy atom. The van der Waals surface area contributed by atoms with Gasteiger partial charge in [-0.3, -0.25) is 9.59 Å². The minimum atomic E-state index is -0.787. The average molecular weight is 388 g/mol. The maximum absolute atomic E-state index is 13.1. The van der Waals surface area contributed by atoms with Crippen LogP contribution < -0.4 is 4.90 Å². The summed E-state index contributed by atoms with van der Waals surface area (Å²) >= 11 is 0. The van der Waals surface area contributed by atoms with Crippen LogP contribution in [0, 0.1) is 0 Å². The molecule has 3 aromatic carbocycles. The molecule has 148 valence electrons. The van der Waals surface area contributed by atoms with Gasteiger partial charge in [0.2, 0.25) is 0 Å². The van der Waals surface area contributed by atoms with E-state index in [0.717, 1.165) is 40.7 Å². The fraction of sp³-hybridized carbons (Fsp3) is 0.250. The largest absolute Gasteiger partial charge is 0.481 e. The van der Waals surface area contributed by atoms with Crippen molar-refractivity contribution in [2.24, 2.45) is 0 Å². The first-order valence-electron chi connectivity index (χ1n) is 9.95. The summed E-state index contributed by atoms with van der Waals surface area (Å²) in [6.45, 7) is 2.77. The summed E-state index contributed by atoms with van der Waals surface area (Å²) < 4.78 is 0. The average Bonchev–Trinajstić information content (AvgIpc) is 2.77. The third-order valence-electron chi connectivity index (χ3n) is 5.53. The number of para-hydroxylation sites is 1. The normalized spacial score (nSPS) is 14.2. The van der Waals surface area contributed by atoms with E-state index in [4.69, 9.17) is 5.11 Å². The number of carbonyl (C=O) groups is 2. The van der Waals surface area contributed by atoms with Gasteiger partial charge in [-0.1, -0.05) is 54.6 Å². The molecule has 0 unspecified atom stereocenters. The SMILES string of the molecule is O=C(O)CCc1ccccc1N1CCN(C(=O)c2cccc3ccccc23)CC1. The second-order valence-electron chi connectivity index (χ2n) is 7.33. The van der Waals surface area contributed by atoms with Gasteiger partial charge in [0.25, 0.3) is 5.91 Å². The summed E-state index contributed by atoms with van der Waals surface area (Å²) in [5, 5.41) is 11.1. The molecule has 1 aliphatic heterocycles. The van der Waals surface area contributed by atoms with E-state index >= 15 is 0 Å². The number of piperazine rings is 1. The predicted molar refractivity (Wildman–Crippen MR) is 114 cm³/mol. The molecule has 1 amide bonds. The molecule has 1 aliphatic rings. The standard InChI is InChI=1S/C24H24N2O3/c27-23(28)13-12-19-7-2-4-11-22(19)25-14-16-26(17-15-25)24(29)21-10-5-8-18-6-1-3-9-20(18)21/h1-11H,12-17H2,(H,27,28). The predicted octanol–water partition coefficient (Wildman–Crippen LogP) is 3.82. The van der Waals surface area contributed by atoms with E-state index in [0.29, 0.717) is 19.5 Å². The highest BCUT2D eigenvalue weighted by Crippen LogP contribution is 2.25. The van der Waals surface area contributed by atoms with Gasteiger partial charge >= 0.3 is 5.97 Å². The highest BCUT2D eigenvalue weighted by atomic mass is 16.4. The topological polar surface area (TPSA) is 60.9 Å². The second-order valence-corrected chi connectivity index (χ2v) is 7.33. The molecular weight excluding hydrogens is 364 g/mol. The lowest BCUT2D eigenvalue weighted by Crippen LogP contribution is -2.49. The van der Waals surface area contributed by atoms with E-state index in [9.17, 15) is 9.59 Å². The number of anilines is 1. The number of benzene rings is 3. The highest BCUT2D eigenvalue weighted by Gasteiger charge is 2.24. The minimum Gasteiger partial charge on any atom is -0.481 e. The first-order valence-corrected chi connectivity index (χ1v) is 9.95. The lowest BCUT2D eigenvalue weighted by atomic mass is 10.0. The van der Waals surface area contributed by atoms with Crippen molar-refractivity contribution in [3.63, 3.8) is 0 Å². The van der Waals surface area contributed by atoms with Crippen LogP contribution in [0.25, 0.3) is 10.8 Å². The maximum Gasteiger partial charge on any atom is 0.303 e. The first kappa shape index (κ1) is 19.0. The molecule has 0 saturated carbocycles. The Labute approximate surface area is 170 Å². The van der Waals surface area contributed by atoms with Crippen molar-refractivity contribution in [3.05, 3.63) is 77.9 Å². The number of hydrogen-bond acceptors (Lipinski definition) is 3. The Balaban J connectivity index is 1.47. The number of rotatable bonds is 5. The van der Waals surface area contributed by atoms with Gasteiger partial charge < -0.3 is 14.9 Å². The third-order valence-corrected chi connectivity index (χ3v) is 5.53. The van der Waals surface area contributed by atoms with Crippen LogP contribution in [-0.4, -0.2) is 48.1 Å². The molecule has 0 spiro atoms. The molecule has 0 aromatic heterocycles. The van der Waals surface area contributed by atoms with Crippen molar-refractivity contribution in [2.75, 3.05) is 31.1 Å². The molecule has 1 saturated heterocycles. The molecule has 1 N–H and O–H groups in total. The summed E-state index contributed by atoms with van der Waals surface area (Å²) in [6.07, 6.45) is 0.636. The zero-order chi connectivity index (χ0) is 20.2. The van der Waals surface area contributed by atoms with Gasteiger partial charge in [0.1, 0.15) is 0 Å². The summed E-state index contributed by atoms with van der Waals surface area (Å²) in [4.78, 5) is 28.3. The molecule has 0 atom stereocenters. The van der Waals surface area contributed by atoms with Gasteiger partial charge in [0.15, 0.2) is 0 Å². The number of carboxylic acid groups (broad SMARTS) is 1. The Morgan fingerprint density at radius 3 is 2.31 bits per heavy atom. The van der Waals surface area contributed by atoms with Crippen molar-refractivity contribution >= 4 is 28.3 Å². The van der Waals surface area contributed by atoms with Crippen molar-refractivity contribution in [1.82, 2.24) is 4.90 Å². The molecule has 0 aliphatic carbocycles. The molecule has 1 heterocycles. The molecule has 3 aromatic rings. The molecule has 5 heteroatoms. The monoisotopic (exact) mass is 388 g/mol. The molecular formula is C24H24N2O3. The maximum atomic E-state index is 13.1. The Kier molecular flexibility index (Phi) is 5.47. The van der Waals surface area contributed by atoms with Crippen LogP contribution >= 0.6 is 0 Å².